The maximum Gasteiger partial charge on any atom is 0.192 e. The number of benzene rings is 1. The van der Waals surface area contributed by atoms with Gasteiger partial charge in [-0.05, 0) is 18.2 Å². The maximum atomic E-state index is 5.15. The molecule has 0 saturated carbocycles. The predicted octanol–water partition coefficient (Wildman–Crippen LogP) is 2.33. The highest BCUT2D eigenvalue weighted by molar-refractivity contribution is 5.94. The van der Waals surface area contributed by atoms with Gasteiger partial charge in [-0.3, -0.25) is 0 Å². The van der Waals surface area contributed by atoms with Crippen LogP contribution in [0, 0.1) is 0 Å². The van der Waals surface area contributed by atoms with E-state index in [1.54, 1.807) is 6.20 Å². The Morgan fingerprint density at radius 2 is 2.00 bits per heavy atom. The first-order chi connectivity index (χ1) is 6.45. The number of hydrogen-bond acceptors (Lipinski definition) is 3. The van der Waals surface area contributed by atoms with E-state index in [9.17, 15) is 0 Å². The quantitative estimate of drug-likeness (QED) is 0.519. The topological polar surface area (TPSA) is 38.9 Å². The van der Waals surface area contributed by atoms with Gasteiger partial charge in [0, 0.05) is 5.39 Å². The number of aromatic nitrogens is 2. The first kappa shape index (κ1) is 6.60. The fraction of sp³-hybridized carbons (Fsp3) is 0. The van der Waals surface area contributed by atoms with Crippen LogP contribution in [0.4, 0.5) is 0 Å². The summed E-state index contributed by atoms with van der Waals surface area (Å²) in [6, 6.07) is 9.72. The highest BCUT2D eigenvalue weighted by Crippen LogP contribution is 2.29. The van der Waals surface area contributed by atoms with Crippen LogP contribution in [0.5, 0.6) is 0 Å². The van der Waals surface area contributed by atoms with Gasteiger partial charge in [-0.15, -0.1) is 0 Å². The first-order valence-electron chi connectivity index (χ1n) is 4.04. The molecule has 2 aliphatic heterocycles. The summed E-state index contributed by atoms with van der Waals surface area (Å²) in [6.45, 7) is 0. The summed E-state index contributed by atoms with van der Waals surface area (Å²) < 4.78 is 5.15. The van der Waals surface area contributed by atoms with Gasteiger partial charge in [0.1, 0.15) is 5.69 Å². The van der Waals surface area contributed by atoms with Crippen molar-refractivity contribution in [1.82, 2.24) is 10.1 Å². The zero-order chi connectivity index (χ0) is 8.67. The average molecular weight is 170 g/mol. The molecule has 0 saturated heterocycles. The Kier molecular flexibility index (Phi) is 1.16. The molecule has 0 atom stereocenters. The second-order valence-corrected chi connectivity index (χ2v) is 2.86. The van der Waals surface area contributed by atoms with Crippen molar-refractivity contribution in [3.05, 3.63) is 36.5 Å². The molecule has 3 nitrogen and oxygen atoms in total. The van der Waals surface area contributed by atoms with E-state index in [2.05, 4.69) is 10.1 Å². The lowest BCUT2D eigenvalue weighted by atomic mass is 10.2. The summed E-state index contributed by atoms with van der Waals surface area (Å²) >= 11 is 0. The molecule has 0 N–H and O–H groups in total. The molecular weight excluding hydrogens is 164 g/mol. The van der Waals surface area contributed by atoms with Gasteiger partial charge in [0.2, 0.25) is 0 Å². The van der Waals surface area contributed by atoms with Crippen molar-refractivity contribution in [1.29, 1.82) is 0 Å². The molecule has 13 heavy (non-hydrogen) atoms. The third-order valence-corrected chi connectivity index (χ3v) is 2.06. The summed E-state index contributed by atoms with van der Waals surface area (Å²) in [4.78, 5) is 4.38. The summed E-state index contributed by atoms with van der Waals surface area (Å²) in [5.74, 6) is 0.762. The summed E-state index contributed by atoms with van der Waals surface area (Å²) in [5, 5.41) is 4.74. The van der Waals surface area contributed by atoms with Crippen molar-refractivity contribution >= 4 is 10.9 Å². The Hall–Kier alpha value is -1.90. The highest BCUT2D eigenvalue weighted by atomic mass is 16.5. The van der Waals surface area contributed by atoms with Crippen molar-refractivity contribution in [3.63, 3.8) is 0 Å². The van der Waals surface area contributed by atoms with E-state index < -0.39 is 0 Å². The minimum Gasteiger partial charge on any atom is -0.354 e. The van der Waals surface area contributed by atoms with E-state index in [-0.39, 0.29) is 0 Å². The van der Waals surface area contributed by atoms with Crippen LogP contribution in [-0.2, 0) is 0 Å². The fourth-order valence-corrected chi connectivity index (χ4v) is 1.47. The maximum absolute atomic E-state index is 5.15. The molecule has 2 heterocycles. The molecule has 0 radical (unpaired) electrons. The molecule has 0 aromatic heterocycles. The molecule has 1 aromatic carbocycles. The number of para-hydroxylation sites is 1. The van der Waals surface area contributed by atoms with E-state index >= 15 is 0 Å². The summed E-state index contributed by atoms with van der Waals surface area (Å²) in [6.07, 6.45) is 1.61. The number of nitrogens with zero attached hydrogens (tertiary/aromatic N) is 2. The van der Waals surface area contributed by atoms with Gasteiger partial charge >= 0.3 is 0 Å². The van der Waals surface area contributed by atoms with Crippen LogP contribution in [-0.4, -0.2) is 10.1 Å². The van der Waals surface area contributed by atoms with E-state index in [4.69, 9.17) is 4.52 Å². The third-order valence-electron chi connectivity index (χ3n) is 2.06. The zero-order valence-corrected chi connectivity index (χ0v) is 6.77. The zero-order valence-electron chi connectivity index (χ0n) is 6.77. The molecule has 0 spiro atoms. The van der Waals surface area contributed by atoms with E-state index in [0.717, 1.165) is 22.4 Å². The van der Waals surface area contributed by atoms with E-state index in [0.29, 0.717) is 0 Å². The van der Waals surface area contributed by atoms with Gasteiger partial charge in [-0.1, -0.05) is 17.3 Å². The molecule has 0 bridgehead atoms. The molecule has 2 aliphatic rings. The third kappa shape index (κ3) is 0.839. The van der Waals surface area contributed by atoms with Crippen molar-refractivity contribution in [2.24, 2.45) is 0 Å². The lowest BCUT2D eigenvalue weighted by molar-refractivity contribution is 0.415. The van der Waals surface area contributed by atoms with Gasteiger partial charge in [0.05, 0.1) is 11.7 Å². The second kappa shape index (κ2) is 2.29. The minimum atomic E-state index is 0.762. The van der Waals surface area contributed by atoms with Gasteiger partial charge in [-0.2, -0.15) is 0 Å². The molecule has 3 heteroatoms. The lowest BCUT2D eigenvalue weighted by Gasteiger charge is -1.91. The number of fused-ring (bicyclic) bond motifs is 3. The monoisotopic (exact) mass is 170 g/mol. The van der Waals surface area contributed by atoms with E-state index in [1.165, 1.54) is 0 Å². The first-order valence-corrected chi connectivity index (χ1v) is 4.04. The Morgan fingerprint density at radius 3 is 3.00 bits per heavy atom. The SMILES string of the molecule is c1ccc2c3onccc-3nc2c1. The molecule has 3 rings (SSSR count). The largest absolute Gasteiger partial charge is 0.354 e. The molecule has 62 valence electrons. The van der Waals surface area contributed by atoms with Gasteiger partial charge in [0.25, 0.3) is 0 Å². The average Bonchev–Trinajstić information content (AvgIpc) is 2.56. The second-order valence-electron chi connectivity index (χ2n) is 2.86. The molecule has 0 fully saturated rings. The molecule has 0 amide bonds. The lowest BCUT2D eigenvalue weighted by Crippen LogP contribution is -1.76. The van der Waals surface area contributed by atoms with Crippen molar-refractivity contribution in [3.8, 4) is 11.5 Å². The molecule has 0 unspecified atom stereocenters. The Labute approximate surface area is 74.3 Å². The van der Waals surface area contributed by atoms with Crippen LogP contribution in [0.25, 0.3) is 22.4 Å². The predicted molar refractivity (Wildman–Crippen MR) is 48.4 cm³/mol. The summed E-state index contributed by atoms with van der Waals surface area (Å²) in [7, 11) is 0. The van der Waals surface area contributed by atoms with Crippen LogP contribution in [0.2, 0.25) is 0 Å². The Bertz CT molecular complexity index is 529. The smallest absolute Gasteiger partial charge is 0.192 e. The summed E-state index contributed by atoms with van der Waals surface area (Å²) in [5.41, 5.74) is 1.81. The van der Waals surface area contributed by atoms with Crippen LogP contribution >= 0.6 is 0 Å². The van der Waals surface area contributed by atoms with Crippen LogP contribution in [0.1, 0.15) is 0 Å². The van der Waals surface area contributed by atoms with Crippen LogP contribution in [0.3, 0.4) is 0 Å². The van der Waals surface area contributed by atoms with Crippen molar-refractivity contribution < 1.29 is 4.52 Å². The number of hydrogen-bond donors (Lipinski definition) is 0. The van der Waals surface area contributed by atoms with Crippen LogP contribution in [0.15, 0.2) is 41.1 Å². The van der Waals surface area contributed by atoms with Crippen molar-refractivity contribution in [2.45, 2.75) is 0 Å². The normalized spacial score (nSPS) is 11.1. The van der Waals surface area contributed by atoms with Gasteiger partial charge < -0.3 is 4.52 Å². The minimum absolute atomic E-state index is 0.762. The number of rotatable bonds is 0. The van der Waals surface area contributed by atoms with Gasteiger partial charge in [-0.25, -0.2) is 4.98 Å². The van der Waals surface area contributed by atoms with Gasteiger partial charge in [0.15, 0.2) is 5.76 Å². The Morgan fingerprint density at radius 1 is 1.08 bits per heavy atom. The molecule has 1 aromatic rings. The highest BCUT2D eigenvalue weighted by Gasteiger charge is 2.12. The standard InChI is InChI=1S/C10H6N2O/c1-2-4-8-7(3-1)10-9(12-8)5-6-11-13-10/h1-6H. The van der Waals surface area contributed by atoms with Crippen molar-refractivity contribution in [2.75, 3.05) is 0 Å². The fourth-order valence-electron chi connectivity index (χ4n) is 1.47. The van der Waals surface area contributed by atoms with Crippen LogP contribution < -0.4 is 0 Å². The Balaban J connectivity index is 2.56. The van der Waals surface area contributed by atoms with E-state index in [1.807, 2.05) is 30.3 Å². The molecule has 0 aliphatic carbocycles. The molecular formula is C10H6N2O.